The molecule has 0 amide bonds. The molecule has 26 heavy (non-hydrogen) atoms. The van der Waals surface area contributed by atoms with Gasteiger partial charge in [-0.15, -0.1) is 11.3 Å². The Hall–Kier alpha value is -2.57. The number of hydrogen-bond acceptors (Lipinski definition) is 5. The molecule has 0 saturated carbocycles. The summed E-state index contributed by atoms with van der Waals surface area (Å²) < 4.78 is 1.04. The molecule has 0 unspecified atom stereocenters. The Balaban J connectivity index is 1.80. The van der Waals surface area contributed by atoms with Gasteiger partial charge in [-0.05, 0) is 36.8 Å². The smallest absolute Gasteiger partial charge is 0.159 e. The van der Waals surface area contributed by atoms with E-state index in [9.17, 15) is 4.79 Å². The van der Waals surface area contributed by atoms with Crippen LogP contribution in [0.1, 0.15) is 17.3 Å². The summed E-state index contributed by atoms with van der Waals surface area (Å²) in [5.74, 6) is 0.766. The Morgan fingerprint density at radius 2 is 1.92 bits per heavy atom. The summed E-state index contributed by atoms with van der Waals surface area (Å²) in [7, 11) is 0. The molecular formula is C20H14BrN3OS. The van der Waals surface area contributed by atoms with Crippen molar-refractivity contribution < 1.29 is 4.79 Å². The number of fused-ring (bicyclic) bond motifs is 1. The maximum Gasteiger partial charge on any atom is 0.159 e. The topological polar surface area (TPSA) is 54.9 Å². The van der Waals surface area contributed by atoms with Gasteiger partial charge in [-0.3, -0.25) is 4.79 Å². The van der Waals surface area contributed by atoms with Gasteiger partial charge >= 0.3 is 0 Å². The second-order valence-electron chi connectivity index (χ2n) is 5.82. The van der Waals surface area contributed by atoms with E-state index in [2.05, 4.69) is 48.7 Å². The summed E-state index contributed by atoms with van der Waals surface area (Å²) in [6.07, 6.45) is 1.56. The molecule has 0 bridgehead atoms. The second kappa shape index (κ2) is 6.97. The lowest BCUT2D eigenvalue weighted by molar-refractivity contribution is 0.101. The highest BCUT2D eigenvalue weighted by Gasteiger charge is 2.13. The Morgan fingerprint density at radius 3 is 2.69 bits per heavy atom. The van der Waals surface area contributed by atoms with Crippen LogP contribution >= 0.6 is 27.3 Å². The predicted molar refractivity (Wildman–Crippen MR) is 110 cm³/mol. The lowest BCUT2D eigenvalue weighted by atomic mass is 10.1. The fourth-order valence-corrected chi connectivity index (χ4v) is 3.94. The van der Waals surface area contributed by atoms with Gasteiger partial charge in [0, 0.05) is 26.7 Å². The van der Waals surface area contributed by atoms with E-state index in [1.54, 1.807) is 30.7 Å². The molecule has 4 rings (SSSR count). The molecule has 2 aromatic heterocycles. The maximum absolute atomic E-state index is 11.6. The van der Waals surface area contributed by atoms with Gasteiger partial charge in [0.25, 0.3) is 0 Å². The quantitative estimate of drug-likeness (QED) is 0.404. The average Bonchev–Trinajstić information content (AvgIpc) is 3.08. The third kappa shape index (κ3) is 3.25. The summed E-state index contributed by atoms with van der Waals surface area (Å²) >= 11 is 5.06. The summed E-state index contributed by atoms with van der Waals surface area (Å²) in [5, 5.41) is 6.42. The highest BCUT2D eigenvalue weighted by Crippen LogP contribution is 2.37. The summed E-state index contributed by atoms with van der Waals surface area (Å²) in [4.78, 5) is 21.4. The van der Waals surface area contributed by atoms with E-state index in [-0.39, 0.29) is 5.78 Å². The molecule has 0 saturated heterocycles. The molecule has 6 heteroatoms. The maximum atomic E-state index is 11.6. The average molecular weight is 424 g/mol. The van der Waals surface area contributed by atoms with Crippen LogP contribution in [-0.2, 0) is 0 Å². The first-order valence-electron chi connectivity index (χ1n) is 7.98. The van der Waals surface area contributed by atoms with E-state index >= 15 is 0 Å². The molecule has 0 aliphatic heterocycles. The van der Waals surface area contributed by atoms with Crippen LogP contribution in [0.5, 0.6) is 0 Å². The monoisotopic (exact) mass is 423 g/mol. The lowest BCUT2D eigenvalue weighted by Crippen LogP contribution is -1.98. The van der Waals surface area contributed by atoms with Gasteiger partial charge in [-0.1, -0.05) is 40.2 Å². The van der Waals surface area contributed by atoms with Gasteiger partial charge in [0.1, 0.15) is 17.0 Å². The number of nitrogens with zero attached hydrogens (tertiary/aromatic N) is 2. The molecule has 4 aromatic rings. The Morgan fingerprint density at radius 1 is 1.12 bits per heavy atom. The highest BCUT2D eigenvalue weighted by atomic mass is 79.9. The molecular weight excluding hydrogens is 410 g/mol. The number of nitrogens with one attached hydrogen (secondary N) is 1. The van der Waals surface area contributed by atoms with Crippen molar-refractivity contribution in [2.24, 2.45) is 0 Å². The number of halogens is 1. The standard InChI is InChI=1S/C20H14BrN3OS/c1-12(25)14-3-2-4-16(9-14)24-19-18-17(10-26-20(18)23-11-22-19)13-5-7-15(21)8-6-13/h2-11H,1H3,(H,22,23,24). The molecule has 0 atom stereocenters. The fourth-order valence-electron chi connectivity index (χ4n) is 2.76. The van der Waals surface area contributed by atoms with Crippen molar-refractivity contribution in [2.45, 2.75) is 6.92 Å². The van der Waals surface area contributed by atoms with Crippen LogP contribution in [0.3, 0.4) is 0 Å². The molecule has 0 spiro atoms. The number of anilines is 2. The van der Waals surface area contributed by atoms with Crippen LogP contribution in [-0.4, -0.2) is 15.8 Å². The van der Waals surface area contributed by atoms with Crippen LogP contribution in [0.15, 0.2) is 64.7 Å². The summed E-state index contributed by atoms with van der Waals surface area (Å²) in [5.41, 5.74) is 3.68. The van der Waals surface area contributed by atoms with Crippen molar-refractivity contribution in [1.82, 2.24) is 9.97 Å². The van der Waals surface area contributed by atoms with Crippen molar-refractivity contribution in [2.75, 3.05) is 5.32 Å². The normalized spacial score (nSPS) is 10.8. The second-order valence-corrected chi connectivity index (χ2v) is 7.59. The van der Waals surface area contributed by atoms with Crippen molar-refractivity contribution in [3.8, 4) is 11.1 Å². The Bertz CT molecular complexity index is 1110. The fraction of sp³-hybridized carbons (Fsp3) is 0.0500. The van der Waals surface area contributed by atoms with Gasteiger partial charge in [0.15, 0.2) is 5.78 Å². The summed E-state index contributed by atoms with van der Waals surface area (Å²) in [6, 6.07) is 15.6. The van der Waals surface area contributed by atoms with E-state index in [1.165, 1.54) is 0 Å². The third-order valence-corrected chi connectivity index (χ3v) is 5.47. The summed E-state index contributed by atoms with van der Waals surface area (Å²) in [6.45, 7) is 1.56. The van der Waals surface area contributed by atoms with E-state index < -0.39 is 0 Å². The number of benzene rings is 2. The molecule has 2 heterocycles. The third-order valence-electron chi connectivity index (χ3n) is 4.06. The SMILES string of the molecule is CC(=O)c1cccc(Nc2ncnc3scc(-c4ccc(Br)cc4)c23)c1. The van der Waals surface area contributed by atoms with Crippen LogP contribution in [0.4, 0.5) is 11.5 Å². The first-order valence-corrected chi connectivity index (χ1v) is 9.65. The number of carbonyl (C=O) groups is 1. The number of thiophene rings is 1. The number of rotatable bonds is 4. The molecule has 128 valence electrons. The van der Waals surface area contributed by atoms with Crippen LogP contribution < -0.4 is 5.32 Å². The van der Waals surface area contributed by atoms with Crippen molar-refractivity contribution in [3.63, 3.8) is 0 Å². The van der Waals surface area contributed by atoms with E-state index in [0.29, 0.717) is 5.56 Å². The molecule has 0 radical (unpaired) electrons. The molecule has 0 fully saturated rings. The van der Waals surface area contributed by atoms with Crippen LogP contribution in [0.2, 0.25) is 0 Å². The van der Waals surface area contributed by atoms with Crippen molar-refractivity contribution in [1.29, 1.82) is 0 Å². The molecule has 0 aliphatic rings. The Labute approximate surface area is 163 Å². The first-order chi connectivity index (χ1) is 12.6. The van der Waals surface area contributed by atoms with Gasteiger partial charge in [0.05, 0.1) is 5.39 Å². The van der Waals surface area contributed by atoms with Gasteiger partial charge in [-0.25, -0.2) is 9.97 Å². The van der Waals surface area contributed by atoms with Crippen LogP contribution in [0, 0.1) is 0 Å². The van der Waals surface area contributed by atoms with E-state index in [4.69, 9.17) is 0 Å². The van der Waals surface area contributed by atoms with E-state index in [1.807, 2.05) is 30.3 Å². The van der Waals surface area contributed by atoms with Crippen molar-refractivity contribution in [3.05, 3.63) is 70.3 Å². The largest absolute Gasteiger partial charge is 0.340 e. The zero-order valence-corrected chi connectivity index (χ0v) is 16.3. The van der Waals surface area contributed by atoms with Crippen LogP contribution in [0.25, 0.3) is 21.3 Å². The van der Waals surface area contributed by atoms with Gasteiger partial charge in [-0.2, -0.15) is 0 Å². The zero-order chi connectivity index (χ0) is 18.1. The van der Waals surface area contributed by atoms with E-state index in [0.717, 1.165) is 37.3 Å². The highest BCUT2D eigenvalue weighted by molar-refractivity contribution is 9.10. The number of ketones is 1. The Kier molecular flexibility index (Phi) is 4.53. The van der Waals surface area contributed by atoms with Crippen molar-refractivity contribution >= 4 is 54.8 Å². The molecule has 2 aromatic carbocycles. The number of hydrogen-bond donors (Lipinski definition) is 1. The van der Waals surface area contributed by atoms with Gasteiger partial charge < -0.3 is 5.32 Å². The van der Waals surface area contributed by atoms with Gasteiger partial charge in [0.2, 0.25) is 0 Å². The molecule has 1 N–H and O–H groups in total. The minimum Gasteiger partial charge on any atom is -0.340 e. The molecule has 4 nitrogen and oxygen atoms in total. The predicted octanol–water partition coefficient (Wildman–Crippen LogP) is 6.07. The molecule has 0 aliphatic carbocycles. The number of carbonyl (C=O) groups excluding carboxylic acids is 1. The number of Topliss-reactive ketones (excluding diaryl/α,β-unsaturated/α-hetero) is 1. The minimum atomic E-state index is 0.0348. The number of aromatic nitrogens is 2. The lowest BCUT2D eigenvalue weighted by Gasteiger charge is -2.09. The minimum absolute atomic E-state index is 0.0348. The first kappa shape index (κ1) is 16.9. The zero-order valence-electron chi connectivity index (χ0n) is 13.9.